The molecule has 0 aliphatic heterocycles. The Morgan fingerprint density at radius 1 is 0.903 bits per heavy atom. The summed E-state index contributed by atoms with van der Waals surface area (Å²) in [6.07, 6.45) is 0. The number of esters is 1. The molecule has 2 aromatic heterocycles. The van der Waals surface area contributed by atoms with Crippen LogP contribution in [-0.2, 0) is 9.53 Å². The molecule has 0 aliphatic carbocycles. The fraction of sp³-hybridized carbons (Fsp3) is 0.0833. The van der Waals surface area contributed by atoms with Gasteiger partial charge in [0.05, 0.1) is 24.3 Å². The van der Waals surface area contributed by atoms with Crippen molar-refractivity contribution in [2.75, 3.05) is 12.9 Å². The van der Waals surface area contributed by atoms with Crippen LogP contribution < -0.4 is 0 Å². The van der Waals surface area contributed by atoms with Gasteiger partial charge in [-0.3, -0.25) is 4.79 Å². The summed E-state index contributed by atoms with van der Waals surface area (Å²) in [4.78, 5) is 20.8. The molecular weight excluding hydrogens is 408 g/mol. The minimum atomic E-state index is -0.322. The molecule has 152 valence electrons. The van der Waals surface area contributed by atoms with Gasteiger partial charge in [-0.05, 0) is 22.9 Å². The molecule has 0 aliphatic rings. The lowest BCUT2D eigenvalue weighted by molar-refractivity contribution is -0.137. The smallest absolute Gasteiger partial charge is 0.316 e. The highest BCUT2D eigenvalue weighted by Gasteiger charge is 2.15. The Morgan fingerprint density at radius 2 is 1.68 bits per heavy atom. The van der Waals surface area contributed by atoms with Crippen LogP contribution in [0.15, 0.2) is 84.0 Å². The standard InChI is InChI=1S/C24H18N4O2S/c1-30-22(29)15-31-24-26-23-25-20(19-12-11-16-7-5-6-10-18(16)13-19)14-21(28(23)27-24)17-8-3-2-4-9-17/h2-14H,15H2,1H3. The maximum Gasteiger partial charge on any atom is 0.316 e. The van der Waals surface area contributed by atoms with Crippen molar-refractivity contribution in [1.29, 1.82) is 0 Å². The zero-order chi connectivity index (χ0) is 21.2. The molecule has 0 fully saturated rings. The molecule has 0 unspecified atom stereocenters. The minimum absolute atomic E-state index is 0.144. The zero-order valence-corrected chi connectivity index (χ0v) is 17.5. The molecule has 31 heavy (non-hydrogen) atoms. The monoisotopic (exact) mass is 426 g/mol. The minimum Gasteiger partial charge on any atom is -0.468 e. The maximum atomic E-state index is 11.5. The average molecular weight is 427 g/mol. The van der Waals surface area contributed by atoms with E-state index in [0.717, 1.165) is 27.9 Å². The number of rotatable bonds is 5. The Balaban J connectivity index is 1.65. The van der Waals surface area contributed by atoms with Gasteiger partial charge in [0, 0.05) is 11.1 Å². The van der Waals surface area contributed by atoms with Gasteiger partial charge in [0.15, 0.2) is 0 Å². The second-order valence-corrected chi connectivity index (χ2v) is 7.87. The number of nitrogens with zero attached hydrogens (tertiary/aromatic N) is 4. The Hall–Kier alpha value is -3.71. The van der Waals surface area contributed by atoms with Crippen LogP contribution in [0.1, 0.15) is 0 Å². The first-order valence-electron chi connectivity index (χ1n) is 9.73. The van der Waals surface area contributed by atoms with Gasteiger partial charge in [-0.1, -0.05) is 78.5 Å². The van der Waals surface area contributed by atoms with Crippen molar-refractivity contribution >= 4 is 34.3 Å². The first-order valence-corrected chi connectivity index (χ1v) is 10.7. The normalized spacial score (nSPS) is 11.1. The Kier molecular flexibility index (Phi) is 5.09. The van der Waals surface area contributed by atoms with Gasteiger partial charge < -0.3 is 4.74 Å². The van der Waals surface area contributed by atoms with Gasteiger partial charge in [0.25, 0.3) is 5.78 Å². The number of carbonyl (C=O) groups is 1. The Morgan fingerprint density at radius 3 is 2.48 bits per heavy atom. The van der Waals surface area contributed by atoms with Crippen molar-refractivity contribution in [3.63, 3.8) is 0 Å². The Labute approximate surface area is 182 Å². The van der Waals surface area contributed by atoms with Crippen LogP contribution in [0.2, 0.25) is 0 Å². The molecule has 0 N–H and O–H groups in total. The molecule has 2 heterocycles. The van der Waals surface area contributed by atoms with Crippen molar-refractivity contribution in [1.82, 2.24) is 19.6 Å². The predicted molar refractivity (Wildman–Crippen MR) is 122 cm³/mol. The van der Waals surface area contributed by atoms with Crippen LogP contribution >= 0.6 is 11.8 Å². The summed E-state index contributed by atoms with van der Waals surface area (Å²) in [5.74, 6) is 0.305. The fourth-order valence-electron chi connectivity index (χ4n) is 3.40. The highest BCUT2D eigenvalue weighted by atomic mass is 32.2. The van der Waals surface area contributed by atoms with Gasteiger partial charge in [-0.2, -0.15) is 9.50 Å². The van der Waals surface area contributed by atoms with Crippen LogP contribution in [-0.4, -0.2) is 38.4 Å². The number of ether oxygens (including phenoxy) is 1. The van der Waals surface area contributed by atoms with Gasteiger partial charge >= 0.3 is 5.97 Å². The van der Waals surface area contributed by atoms with Gasteiger partial charge in [-0.15, -0.1) is 5.10 Å². The summed E-state index contributed by atoms with van der Waals surface area (Å²) < 4.78 is 6.44. The molecule has 0 saturated heterocycles. The van der Waals surface area contributed by atoms with E-state index in [2.05, 4.69) is 40.4 Å². The number of aromatic nitrogens is 4. The number of fused-ring (bicyclic) bond motifs is 2. The first-order chi connectivity index (χ1) is 15.2. The summed E-state index contributed by atoms with van der Waals surface area (Å²) in [7, 11) is 1.37. The van der Waals surface area contributed by atoms with Gasteiger partial charge in [0.1, 0.15) is 0 Å². The maximum absolute atomic E-state index is 11.5. The lowest BCUT2D eigenvalue weighted by Crippen LogP contribution is -2.03. The average Bonchev–Trinajstić information content (AvgIpc) is 3.25. The highest BCUT2D eigenvalue weighted by Crippen LogP contribution is 2.29. The second kappa shape index (κ2) is 8.20. The number of hydrogen-bond donors (Lipinski definition) is 0. The molecule has 5 aromatic rings. The number of hydrogen-bond acceptors (Lipinski definition) is 6. The van der Waals surface area contributed by atoms with Crippen LogP contribution in [0.3, 0.4) is 0 Å². The second-order valence-electron chi connectivity index (χ2n) is 6.93. The molecule has 5 rings (SSSR count). The van der Waals surface area contributed by atoms with E-state index < -0.39 is 0 Å². The number of methoxy groups -OCH3 is 1. The molecule has 7 heteroatoms. The molecular formula is C24H18N4O2S. The predicted octanol–water partition coefficient (Wildman–Crippen LogP) is 4.88. The SMILES string of the molecule is COC(=O)CSc1nc2nc(-c3ccc4ccccc4c3)cc(-c3ccccc3)n2n1. The highest BCUT2D eigenvalue weighted by molar-refractivity contribution is 7.99. The van der Waals surface area contributed by atoms with Crippen LogP contribution in [0.25, 0.3) is 39.1 Å². The molecule has 3 aromatic carbocycles. The molecule has 0 bridgehead atoms. The van der Waals surface area contributed by atoms with E-state index in [1.807, 2.05) is 48.5 Å². The van der Waals surface area contributed by atoms with Crippen molar-refractivity contribution in [2.45, 2.75) is 5.16 Å². The van der Waals surface area contributed by atoms with E-state index in [4.69, 9.17) is 9.72 Å². The lowest BCUT2D eigenvalue weighted by atomic mass is 10.0. The molecule has 0 spiro atoms. The molecule has 0 saturated carbocycles. The zero-order valence-electron chi connectivity index (χ0n) is 16.7. The van der Waals surface area contributed by atoms with E-state index in [9.17, 15) is 4.79 Å². The molecule has 0 radical (unpaired) electrons. The number of carbonyl (C=O) groups excluding carboxylic acids is 1. The largest absolute Gasteiger partial charge is 0.468 e. The third kappa shape index (κ3) is 3.87. The Bertz CT molecular complexity index is 1400. The lowest BCUT2D eigenvalue weighted by Gasteiger charge is -2.08. The van der Waals surface area contributed by atoms with E-state index in [1.54, 1.807) is 4.52 Å². The van der Waals surface area contributed by atoms with E-state index >= 15 is 0 Å². The van der Waals surface area contributed by atoms with Crippen LogP contribution in [0, 0.1) is 0 Å². The van der Waals surface area contributed by atoms with Crippen molar-refractivity contribution in [2.24, 2.45) is 0 Å². The third-order valence-electron chi connectivity index (χ3n) is 4.95. The van der Waals surface area contributed by atoms with E-state index in [0.29, 0.717) is 10.9 Å². The summed E-state index contributed by atoms with van der Waals surface area (Å²) in [6.45, 7) is 0. The van der Waals surface area contributed by atoms with Crippen molar-refractivity contribution in [3.05, 3.63) is 78.9 Å². The van der Waals surface area contributed by atoms with E-state index in [1.165, 1.54) is 24.3 Å². The van der Waals surface area contributed by atoms with Gasteiger partial charge in [0.2, 0.25) is 5.16 Å². The summed E-state index contributed by atoms with van der Waals surface area (Å²) in [5.41, 5.74) is 3.71. The quantitative estimate of drug-likeness (QED) is 0.295. The number of thioether (sulfide) groups is 1. The fourth-order valence-corrected chi connectivity index (χ4v) is 4.06. The number of benzene rings is 3. The topological polar surface area (TPSA) is 69.4 Å². The summed E-state index contributed by atoms with van der Waals surface area (Å²) >= 11 is 1.23. The van der Waals surface area contributed by atoms with Crippen molar-refractivity contribution < 1.29 is 9.53 Å². The summed E-state index contributed by atoms with van der Waals surface area (Å²) in [6, 6.07) is 26.6. The molecule has 0 atom stereocenters. The van der Waals surface area contributed by atoms with Gasteiger partial charge in [-0.25, -0.2) is 4.98 Å². The van der Waals surface area contributed by atoms with E-state index in [-0.39, 0.29) is 11.7 Å². The van der Waals surface area contributed by atoms with Crippen molar-refractivity contribution in [3.8, 4) is 22.5 Å². The van der Waals surface area contributed by atoms with Crippen LogP contribution in [0.5, 0.6) is 0 Å². The molecule has 0 amide bonds. The van der Waals surface area contributed by atoms with Crippen LogP contribution in [0.4, 0.5) is 0 Å². The first kappa shape index (κ1) is 19.3. The summed E-state index contributed by atoms with van der Waals surface area (Å²) in [5, 5.41) is 7.39. The molecule has 6 nitrogen and oxygen atoms in total. The third-order valence-corrected chi connectivity index (χ3v) is 5.77.